The minimum Gasteiger partial charge on any atom is -0.406 e. The van der Waals surface area contributed by atoms with E-state index in [1.807, 2.05) is 53.4 Å². The average molecular weight is 535 g/mol. The van der Waals surface area contributed by atoms with Crippen molar-refractivity contribution in [3.05, 3.63) is 83.9 Å². The molecule has 11 heteroatoms. The Bertz CT molecular complexity index is 1320. The SMILES string of the molecule is O=S(=O)(N[C@H]1COC[C@@H](N2c3ccccc3CCc3ccccc32)[C@@H]1O)c1ccc(OC(F)(F)F)cc1. The van der Waals surface area contributed by atoms with Crippen LogP contribution in [-0.2, 0) is 27.6 Å². The molecule has 3 aromatic rings. The van der Waals surface area contributed by atoms with Gasteiger partial charge in [0.2, 0.25) is 10.0 Å². The van der Waals surface area contributed by atoms with E-state index in [4.69, 9.17) is 4.74 Å². The summed E-state index contributed by atoms with van der Waals surface area (Å²) in [6.07, 6.45) is -4.40. The Morgan fingerprint density at radius 3 is 2.03 bits per heavy atom. The topological polar surface area (TPSA) is 88.1 Å². The molecule has 2 aliphatic heterocycles. The van der Waals surface area contributed by atoms with Crippen LogP contribution in [0.3, 0.4) is 0 Å². The first-order valence-electron chi connectivity index (χ1n) is 11.7. The summed E-state index contributed by atoms with van der Waals surface area (Å²) in [5.41, 5.74) is 4.05. The zero-order valence-electron chi connectivity index (χ0n) is 19.6. The van der Waals surface area contributed by atoms with E-state index < -0.39 is 40.3 Å². The van der Waals surface area contributed by atoms with Crippen molar-refractivity contribution in [2.45, 2.75) is 42.3 Å². The van der Waals surface area contributed by atoms with Crippen molar-refractivity contribution in [3.8, 4) is 5.75 Å². The first-order valence-corrected chi connectivity index (χ1v) is 13.2. The van der Waals surface area contributed by atoms with Gasteiger partial charge in [-0.2, -0.15) is 0 Å². The zero-order valence-corrected chi connectivity index (χ0v) is 20.4. The van der Waals surface area contributed by atoms with E-state index in [9.17, 15) is 26.7 Å². The first kappa shape index (κ1) is 25.5. The number of ether oxygens (including phenoxy) is 2. The van der Waals surface area contributed by atoms with Crippen molar-refractivity contribution in [1.82, 2.24) is 4.72 Å². The second-order valence-electron chi connectivity index (χ2n) is 8.97. The van der Waals surface area contributed by atoms with Crippen molar-refractivity contribution >= 4 is 21.4 Å². The van der Waals surface area contributed by atoms with Gasteiger partial charge in [-0.3, -0.25) is 0 Å². The van der Waals surface area contributed by atoms with Gasteiger partial charge < -0.3 is 19.5 Å². The van der Waals surface area contributed by atoms with Crippen molar-refractivity contribution < 1.29 is 36.2 Å². The van der Waals surface area contributed by atoms with Crippen LogP contribution in [0.1, 0.15) is 11.1 Å². The minimum absolute atomic E-state index is 0.0662. The van der Waals surface area contributed by atoms with E-state index in [0.29, 0.717) is 0 Å². The Hall–Kier alpha value is -3.12. The van der Waals surface area contributed by atoms with Crippen LogP contribution < -0.4 is 14.4 Å². The van der Waals surface area contributed by atoms with Gasteiger partial charge in [-0.1, -0.05) is 36.4 Å². The number of alkyl halides is 3. The van der Waals surface area contributed by atoms with Crippen LogP contribution in [0.5, 0.6) is 5.75 Å². The lowest BCUT2D eigenvalue weighted by atomic mass is 9.98. The summed E-state index contributed by atoms with van der Waals surface area (Å²) in [7, 11) is -4.18. The van der Waals surface area contributed by atoms with Gasteiger partial charge in [0.05, 0.1) is 36.3 Å². The van der Waals surface area contributed by atoms with Crippen molar-refractivity contribution in [3.63, 3.8) is 0 Å². The van der Waals surface area contributed by atoms with E-state index in [1.165, 1.54) is 0 Å². The molecule has 0 spiro atoms. The highest BCUT2D eigenvalue weighted by Crippen LogP contribution is 2.39. The van der Waals surface area contributed by atoms with E-state index in [2.05, 4.69) is 9.46 Å². The van der Waals surface area contributed by atoms with Crippen LogP contribution in [0, 0.1) is 0 Å². The summed E-state index contributed by atoms with van der Waals surface area (Å²) in [4.78, 5) is 1.76. The lowest BCUT2D eigenvalue weighted by molar-refractivity contribution is -0.274. The lowest BCUT2D eigenvalue weighted by Gasteiger charge is -2.43. The van der Waals surface area contributed by atoms with E-state index in [-0.39, 0.29) is 18.1 Å². The van der Waals surface area contributed by atoms with Gasteiger partial charge in [0, 0.05) is 11.4 Å². The molecule has 2 heterocycles. The van der Waals surface area contributed by atoms with Crippen LogP contribution in [0.25, 0.3) is 0 Å². The third kappa shape index (κ3) is 5.45. The van der Waals surface area contributed by atoms with Gasteiger partial charge in [0.1, 0.15) is 5.75 Å². The number of nitrogens with zero attached hydrogens (tertiary/aromatic N) is 1. The van der Waals surface area contributed by atoms with Gasteiger partial charge in [-0.25, -0.2) is 13.1 Å². The van der Waals surface area contributed by atoms with Gasteiger partial charge >= 0.3 is 6.36 Å². The van der Waals surface area contributed by atoms with Crippen LogP contribution >= 0.6 is 0 Å². The van der Waals surface area contributed by atoms with E-state index >= 15 is 0 Å². The number of rotatable bonds is 5. The van der Waals surface area contributed by atoms with Gasteiger partial charge in [-0.15, -0.1) is 13.2 Å². The molecule has 0 unspecified atom stereocenters. The van der Waals surface area contributed by atoms with Crippen LogP contribution in [0.15, 0.2) is 77.7 Å². The number of hydrogen-bond donors (Lipinski definition) is 2. The number of fused-ring (bicyclic) bond motifs is 2. The Labute approximate surface area is 212 Å². The summed E-state index contributed by atoms with van der Waals surface area (Å²) in [5.74, 6) is -0.536. The number of benzene rings is 3. The molecule has 3 atom stereocenters. The minimum atomic E-state index is -4.89. The number of hydrogen-bond acceptors (Lipinski definition) is 6. The zero-order chi connectivity index (χ0) is 26.2. The monoisotopic (exact) mass is 534 g/mol. The van der Waals surface area contributed by atoms with Gasteiger partial charge in [0.25, 0.3) is 0 Å². The first-order chi connectivity index (χ1) is 17.6. The molecule has 0 aromatic heterocycles. The molecule has 196 valence electrons. The molecule has 0 saturated carbocycles. The summed E-state index contributed by atoms with van der Waals surface area (Å²) in [6, 6.07) is 18.1. The van der Waals surface area contributed by atoms with Gasteiger partial charge in [-0.05, 0) is 60.4 Å². The summed E-state index contributed by atoms with van der Waals surface area (Å²) in [6.45, 7) is 0.106. The Morgan fingerprint density at radius 1 is 0.892 bits per heavy atom. The number of aliphatic hydroxyl groups is 1. The molecule has 0 amide bonds. The van der Waals surface area contributed by atoms with Gasteiger partial charge in [0.15, 0.2) is 0 Å². The number of nitrogens with one attached hydrogen (secondary N) is 1. The fourth-order valence-electron chi connectivity index (χ4n) is 4.87. The Morgan fingerprint density at radius 2 is 1.46 bits per heavy atom. The van der Waals surface area contributed by atoms with Crippen molar-refractivity contribution in [2.24, 2.45) is 0 Å². The fraction of sp³-hybridized carbons (Fsp3) is 0.308. The predicted molar refractivity (Wildman–Crippen MR) is 130 cm³/mol. The second kappa shape index (κ2) is 9.97. The molecule has 37 heavy (non-hydrogen) atoms. The molecule has 5 rings (SSSR count). The smallest absolute Gasteiger partial charge is 0.406 e. The Kier molecular flexibility index (Phi) is 6.88. The maximum Gasteiger partial charge on any atom is 0.573 e. The van der Waals surface area contributed by atoms with Crippen LogP contribution in [0.4, 0.5) is 24.5 Å². The third-order valence-corrected chi connectivity index (χ3v) is 8.07. The average Bonchev–Trinajstić information content (AvgIpc) is 3.02. The number of sulfonamides is 1. The highest BCUT2D eigenvalue weighted by Gasteiger charge is 2.41. The standard InChI is InChI=1S/C26H25F3N2O5S/c27-26(28,29)36-19-11-13-20(14-12-19)37(33,34)30-21-15-35-16-24(25(21)32)31-22-7-3-1-5-17(22)9-10-18-6-2-4-8-23(18)31/h1-8,11-14,21,24-25,30,32H,9-10,15-16H2/t21-,24+,25+/m0/s1. The fourth-order valence-corrected chi connectivity index (χ4v) is 6.11. The van der Waals surface area contributed by atoms with Crippen LogP contribution in [-0.4, -0.2) is 51.3 Å². The second-order valence-corrected chi connectivity index (χ2v) is 10.7. The molecule has 7 nitrogen and oxygen atoms in total. The molecule has 0 radical (unpaired) electrons. The number of anilines is 2. The van der Waals surface area contributed by atoms with Crippen LogP contribution in [0.2, 0.25) is 0 Å². The molecule has 0 bridgehead atoms. The molecular weight excluding hydrogens is 509 g/mol. The molecular formula is C26H25F3N2O5S. The largest absolute Gasteiger partial charge is 0.573 e. The molecule has 2 aliphatic rings. The maximum atomic E-state index is 13.0. The molecule has 0 aliphatic carbocycles. The predicted octanol–water partition coefficient (Wildman–Crippen LogP) is 3.93. The molecule has 2 N–H and O–H groups in total. The number of para-hydroxylation sites is 2. The Balaban J connectivity index is 1.41. The summed E-state index contributed by atoms with van der Waals surface area (Å²) < 4.78 is 75.4. The highest BCUT2D eigenvalue weighted by atomic mass is 32.2. The number of aliphatic hydroxyl groups excluding tert-OH is 1. The van der Waals surface area contributed by atoms with E-state index in [1.54, 1.807) is 0 Å². The van der Waals surface area contributed by atoms with E-state index in [0.717, 1.165) is 59.6 Å². The normalized spacial score (nSPS) is 22.1. The molecule has 1 saturated heterocycles. The lowest BCUT2D eigenvalue weighted by Crippen LogP contribution is -2.60. The number of aryl methyl sites for hydroxylation is 2. The molecule has 3 aromatic carbocycles. The quantitative estimate of drug-likeness (QED) is 0.516. The third-order valence-electron chi connectivity index (χ3n) is 6.56. The van der Waals surface area contributed by atoms with Crippen molar-refractivity contribution in [2.75, 3.05) is 18.1 Å². The summed E-state index contributed by atoms with van der Waals surface area (Å²) in [5, 5.41) is 11.4. The highest BCUT2D eigenvalue weighted by molar-refractivity contribution is 7.89. The summed E-state index contributed by atoms with van der Waals surface area (Å²) >= 11 is 0. The molecule has 1 fully saturated rings. The maximum absolute atomic E-state index is 13.0. The number of halogens is 3. The van der Waals surface area contributed by atoms with Crippen molar-refractivity contribution in [1.29, 1.82) is 0 Å².